The van der Waals surface area contributed by atoms with Crippen LogP contribution in [0.4, 0.5) is 0 Å². The number of amides is 1. The quantitative estimate of drug-likeness (QED) is 0.765. The first-order valence-electron chi connectivity index (χ1n) is 5.16. The average Bonchev–Trinajstić information content (AvgIpc) is 2.26. The Balaban J connectivity index is 2.66. The number of carbonyl (C=O) groups is 1. The fourth-order valence-electron chi connectivity index (χ4n) is 1.20. The number of thioether (sulfide) groups is 1. The van der Waals surface area contributed by atoms with Crippen LogP contribution < -0.4 is 11.1 Å². The Hall–Kier alpha value is -1.00. The summed E-state index contributed by atoms with van der Waals surface area (Å²) in [5.41, 5.74) is 5.92. The van der Waals surface area contributed by atoms with Crippen LogP contribution in [-0.4, -0.2) is 24.2 Å². The molecule has 1 rings (SSSR count). The number of hydrogen-bond acceptors (Lipinski definition) is 3. The third kappa shape index (κ3) is 3.25. The average molecular weight is 238 g/mol. The van der Waals surface area contributed by atoms with Crippen molar-refractivity contribution in [2.45, 2.75) is 24.3 Å². The molecule has 0 aliphatic heterocycles. The van der Waals surface area contributed by atoms with Crippen LogP contribution in [0.1, 0.15) is 12.5 Å². The van der Waals surface area contributed by atoms with Gasteiger partial charge in [0.25, 0.3) is 0 Å². The van der Waals surface area contributed by atoms with Crippen molar-refractivity contribution in [3.8, 4) is 0 Å². The van der Waals surface area contributed by atoms with Gasteiger partial charge in [-0.25, -0.2) is 0 Å². The van der Waals surface area contributed by atoms with Gasteiger partial charge in [0.1, 0.15) is 5.54 Å². The second-order valence-electron chi connectivity index (χ2n) is 4.05. The fraction of sp³-hybridized carbons (Fsp3) is 0.417. The predicted octanol–water partition coefficient (Wildman–Crippen LogP) is 1.55. The first-order chi connectivity index (χ1) is 7.48. The number of primary amides is 1. The molecular weight excluding hydrogens is 220 g/mol. The molecule has 88 valence electrons. The molecule has 1 aromatic carbocycles. The van der Waals surface area contributed by atoms with E-state index in [9.17, 15) is 4.79 Å². The molecule has 16 heavy (non-hydrogen) atoms. The highest BCUT2D eigenvalue weighted by atomic mass is 32.2. The van der Waals surface area contributed by atoms with Crippen molar-refractivity contribution in [2.75, 3.05) is 12.8 Å². The van der Waals surface area contributed by atoms with Crippen molar-refractivity contribution in [3.05, 3.63) is 29.8 Å². The monoisotopic (exact) mass is 238 g/mol. The molecule has 0 aromatic heterocycles. The SMILES string of the molecule is CNC(C)(CSc1cccc(C)c1)C(N)=O. The molecule has 1 aromatic rings. The van der Waals surface area contributed by atoms with E-state index in [1.165, 1.54) is 5.56 Å². The predicted molar refractivity (Wildman–Crippen MR) is 68.6 cm³/mol. The van der Waals surface area contributed by atoms with E-state index in [4.69, 9.17) is 5.73 Å². The first-order valence-corrected chi connectivity index (χ1v) is 6.15. The summed E-state index contributed by atoms with van der Waals surface area (Å²) in [6.45, 7) is 3.87. The van der Waals surface area contributed by atoms with Crippen molar-refractivity contribution < 1.29 is 4.79 Å². The highest BCUT2D eigenvalue weighted by Crippen LogP contribution is 2.23. The van der Waals surface area contributed by atoms with Crippen molar-refractivity contribution in [3.63, 3.8) is 0 Å². The molecular formula is C12H18N2OS. The van der Waals surface area contributed by atoms with E-state index in [0.717, 1.165) is 4.90 Å². The molecule has 3 nitrogen and oxygen atoms in total. The summed E-state index contributed by atoms with van der Waals surface area (Å²) in [5, 5.41) is 2.97. The van der Waals surface area contributed by atoms with Gasteiger partial charge in [-0.2, -0.15) is 0 Å². The molecule has 0 aliphatic rings. The smallest absolute Gasteiger partial charge is 0.238 e. The molecule has 0 spiro atoms. The zero-order valence-corrected chi connectivity index (χ0v) is 10.7. The highest BCUT2D eigenvalue weighted by molar-refractivity contribution is 7.99. The maximum atomic E-state index is 11.3. The molecule has 0 radical (unpaired) electrons. The topological polar surface area (TPSA) is 55.1 Å². The van der Waals surface area contributed by atoms with Gasteiger partial charge >= 0.3 is 0 Å². The van der Waals surface area contributed by atoms with Crippen molar-refractivity contribution in [1.29, 1.82) is 0 Å². The van der Waals surface area contributed by atoms with Gasteiger partial charge in [-0.3, -0.25) is 4.79 Å². The Bertz CT molecular complexity index is 381. The molecule has 1 atom stereocenters. The van der Waals surface area contributed by atoms with Crippen LogP contribution >= 0.6 is 11.8 Å². The van der Waals surface area contributed by atoms with Crippen molar-refractivity contribution in [1.82, 2.24) is 5.32 Å². The van der Waals surface area contributed by atoms with Gasteiger partial charge < -0.3 is 11.1 Å². The van der Waals surface area contributed by atoms with Gasteiger partial charge in [-0.05, 0) is 33.0 Å². The summed E-state index contributed by atoms with van der Waals surface area (Å²) < 4.78 is 0. The molecule has 4 heteroatoms. The zero-order valence-electron chi connectivity index (χ0n) is 9.91. The molecule has 0 heterocycles. The summed E-state index contributed by atoms with van der Waals surface area (Å²) in [5.74, 6) is 0.303. The third-order valence-corrected chi connectivity index (χ3v) is 3.92. The lowest BCUT2D eigenvalue weighted by Crippen LogP contribution is -2.53. The second kappa shape index (κ2) is 5.37. The minimum absolute atomic E-state index is 0.324. The summed E-state index contributed by atoms with van der Waals surface area (Å²) in [4.78, 5) is 12.4. The first kappa shape index (κ1) is 13.1. The lowest BCUT2D eigenvalue weighted by Gasteiger charge is -2.24. The van der Waals surface area contributed by atoms with Gasteiger partial charge in [-0.1, -0.05) is 17.7 Å². The third-order valence-electron chi connectivity index (χ3n) is 2.61. The van der Waals surface area contributed by atoms with Crippen LogP contribution in [0.5, 0.6) is 0 Å². The van der Waals surface area contributed by atoms with Gasteiger partial charge in [0.15, 0.2) is 0 Å². The summed E-state index contributed by atoms with van der Waals surface area (Å²) >= 11 is 1.63. The Morgan fingerprint density at radius 2 is 2.25 bits per heavy atom. The number of rotatable bonds is 5. The van der Waals surface area contributed by atoms with E-state index in [0.29, 0.717) is 5.75 Å². The summed E-state index contributed by atoms with van der Waals surface area (Å²) in [7, 11) is 1.75. The maximum absolute atomic E-state index is 11.3. The number of aryl methyl sites for hydroxylation is 1. The number of benzene rings is 1. The van der Waals surface area contributed by atoms with E-state index in [2.05, 4.69) is 24.4 Å². The van der Waals surface area contributed by atoms with Gasteiger partial charge in [0.2, 0.25) is 5.91 Å². The van der Waals surface area contributed by atoms with Crippen LogP contribution in [0.3, 0.4) is 0 Å². The standard InChI is InChI=1S/C12H18N2OS/c1-9-5-4-6-10(7-9)16-8-12(2,14-3)11(13)15/h4-7,14H,8H2,1-3H3,(H2,13,15). The highest BCUT2D eigenvalue weighted by Gasteiger charge is 2.28. The molecule has 3 N–H and O–H groups in total. The Morgan fingerprint density at radius 1 is 1.56 bits per heavy atom. The molecule has 1 amide bonds. The largest absolute Gasteiger partial charge is 0.368 e. The number of hydrogen-bond donors (Lipinski definition) is 2. The minimum Gasteiger partial charge on any atom is -0.368 e. The Morgan fingerprint density at radius 3 is 2.75 bits per heavy atom. The van der Waals surface area contributed by atoms with Gasteiger partial charge in [-0.15, -0.1) is 11.8 Å². The maximum Gasteiger partial charge on any atom is 0.238 e. The van der Waals surface area contributed by atoms with Crippen LogP contribution in [0.25, 0.3) is 0 Å². The fourth-order valence-corrected chi connectivity index (χ4v) is 2.39. The summed E-state index contributed by atoms with van der Waals surface area (Å²) in [6.07, 6.45) is 0. The number of carbonyl (C=O) groups excluding carboxylic acids is 1. The molecule has 1 unspecified atom stereocenters. The van der Waals surface area contributed by atoms with Crippen LogP contribution in [-0.2, 0) is 4.79 Å². The van der Waals surface area contributed by atoms with E-state index in [1.807, 2.05) is 19.1 Å². The molecule has 0 saturated heterocycles. The van der Waals surface area contributed by atoms with E-state index in [-0.39, 0.29) is 5.91 Å². The molecule has 0 fully saturated rings. The second-order valence-corrected chi connectivity index (χ2v) is 5.10. The van der Waals surface area contributed by atoms with Crippen molar-refractivity contribution >= 4 is 17.7 Å². The number of nitrogens with one attached hydrogen (secondary N) is 1. The van der Waals surface area contributed by atoms with Crippen LogP contribution in [0.2, 0.25) is 0 Å². The molecule has 0 bridgehead atoms. The van der Waals surface area contributed by atoms with Crippen molar-refractivity contribution in [2.24, 2.45) is 5.73 Å². The molecule has 0 saturated carbocycles. The van der Waals surface area contributed by atoms with E-state index >= 15 is 0 Å². The minimum atomic E-state index is -0.658. The normalized spacial score (nSPS) is 14.4. The lowest BCUT2D eigenvalue weighted by molar-refractivity contribution is -0.122. The van der Waals surface area contributed by atoms with Crippen LogP contribution in [0.15, 0.2) is 29.2 Å². The zero-order chi connectivity index (χ0) is 12.2. The number of likely N-dealkylation sites (N-methyl/N-ethyl adjacent to an activating group) is 1. The van der Waals surface area contributed by atoms with E-state index in [1.54, 1.807) is 18.8 Å². The lowest BCUT2D eigenvalue weighted by atomic mass is 10.1. The van der Waals surface area contributed by atoms with E-state index < -0.39 is 5.54 Å². The summed E-state index contributed by atoms with van der Waals surface area (Å²) in [6, 6.07) is 8.20. The van der Waals surface area contributed by atoms with Gasteiger partial charge in [0, 0.05) is 10.6 Å². The number of nitrogens with two attached hydrogens (primary N) is 1. The van der Waals surface area contributed by atoms with Crippen LogP contribution in [0, 0.1) is 6.92 Å². The molecule has 0 aliphatic carbocycles. The Kier molecular flexibility index (Phi) is 4.38. The Labute approximate surface area is 101 Å². The van der Waals surface area contributed by atoms with Gasteiger partial charge in [0.05, 0.1) is 0 Å².